The summed E-state index contributed by atoms with van der Waals surface area (Å²) in [7, 11) is 0. The van der Waals surface area contributed by atoms with Crippen LogP contribution in [-0.4, -0.2) is 42.0 Å². The van der Waals surface area contributed by atoms with E-state index >= 15 is 0 Å². The predicted octanol–water partition coefficient (Wildman–Crippen LogP) is 1.64. The number of nitrogens with zero attached hydrogens (tertiary/aromatic N) is 2. The van der Waals surface area contributed by atoms with Crippen molar-refractivity contribution < 1.29 is 28.3 Å². The number of ether oxygens (including phenoxy) is 3. The zero-order valence-electron chi connectivity index (χ0n) is 15.5. The number of aromatic nitrogens is 1. The summed E-state index contributed by atoms with van der Waals surface area (Å²) in [4.78, 5) is 27.9. The van der Waals surface area contributed by atoms with Crippen LogP contribution in [0.15, 0.2) is 40.9 Å². The summed E-state index contributed by atoms with van der Waals surface area (Å²) in [5, 5.41) is 6.84. The minimum atomic E-state index is -0.814. The number of rotatable bonds is 3. The van der Waals surface area contributed by atoms with Gasteiger partial charge in [0, 0.05) is 17.8 Å². The van der Waals surface area contributed by atoms with Crippen molar-refractivity contribution in [3.8, 4) is 11.5 Å². The molecule has 1 aromatic carbocycles. The van der Waals surface area contributed by atoms with Crippen molar-refractivity contribution in [2.45, 2.75) is 18.6 Å². The number of aryl methyl sites for hydroxylation is 1. The number of hydrogen-bond donors (Lipinski definition) is 1. The molecule has 5 heterocycles. The molecule has 4 atom stereocenters. The van der Waals surface area contributed by atoms with Gasteiger partial charge in [-0.05, 0) is 19.1 Å². The molecule has 0 aliphatic carbocycles. The van der Waals surface area contributed by atoms with Gasteiger partial charge in [-0.3, -0.25) is 14.5 Å². The molecule has 0 radical (unpaired) electrons. The number of carbonyl (C=O) groups excluding carboxylic acids is 2. The first kappa shape index (κ1) is 16.6. The second-order valence-corrected chi connectivity index (χ2v) is 7.68. The van der Waals surface area contributed by atoms with E-state index in [1.54, 1.807) is 31.2 Å². The van der Waals surface area contributed by atoms with Gasteiger partial charge in [-0.1, -0.05) is 17.3 Å². The monoisotopic (exact) mass is 395 g/mol. The Morgan fingerprint density at radius 1 is 1.28 bits per heavy atom. The lowest BCUT2D eigenvalue weighted by molar-refractivity contribution is -0.128. The maximum Gasteiger partial charge on any atom is 0.235 e. The minimum absolute atomic E-state index is 0.159. The van der Waals surface area contributed by atoms with Gasteiger partial charge in [0.2, 0.25) is 18.6 Å². The molecule has 4 aliphatic heterocycles. The van der Waals surface area contributed by atoms with E-state index in [0.717, 1.165) is 0 Å². The van der Waals surface area contributed by atoms with Crippen LogP contribution in [-0.2, 0) is 14.3 Å². The predicted molar refractivity (Wildman–Crippen MR) is 98.5 cm³/mol. The molecule has 148 valence electrons. The molecular weight excluding hydrogens is 378 g/mol. The third-order valence-electron chi connectivity index (χ3n) is 5.94. The molecule has 1 spiro atoms. The van der Waals surface area contributed by atoms with Crippen LogP contribution >= 0.6 is 0 Å². The Labute approximate surface area is 165 Å². The number of benzene rings is 1. The molecular formula is C20H17N3O6. The Morgan fingerprint density at radius 2 is 2.14 bits per heavy atom. The quantitative estimate of drug-likeness (QED) is 0.788. The average Bonchev–Trinajstić information content (AvgIpc) is 3.49. The number of nitrogens with one attached hydrogen (secondary N) is 1. The van der Waals surface area contributed by atoms with E-state index in [2.05, 4.69) is 10.5 Å². The molecule has 2 amide bonds. The van der Waals surface area contributed by atoms with Crippen LogP contribution in [0.2, 0.25) is 0 Å². The van der Waals surface area contributed by atoms with Gasteiger partial charge in [0.1, 0.15) is 11.4 Å². The fraction of sp³-hybridized carbons (Fsp3) is 0.350. The lowest BCUT2D eigenvalue weighted by Crippen LogP contribution is -2.41. The maximum atomic E-state index is 13.2. The van der Waals surface area contributed by atoms with E-state index in [1.165, 1.54) is 4.90 Å². The lowest BCUT2D eigenvalue weighted by Gasteiger charge is -2.23. The number of carbonyl (C=O) groups is 2. The van der Waals surface area contributed by atoms with E-state index in [9.17, 15) is 9.59 Å². The highest BCUT2D eigenvalue weighted by molar-refractivity contribution is 6.05. The van der Waals surface area contributed by atoms with Crippen LogP contribution < -0.4 is 19.7 Å². The molecule has 6 rings (SSSR count). The summed E-state index contributed by atoms with van der Waals surface area (Å²) in [6.45, 7) is 2.23. The van der Waals surface area contributed by atoms with Gasteiger partial charge in [0.05, 0.1) is 24.5 Å². The largest absolute Gasteiger partial charge is 0.454 e. The van der Waals surface area contributed by atoms with Crippen LogP contribution in [0.1, 0.15) is 5.76 Å². The third kappa shape index (κ3) is 2.27. The molecule has 2 saturated heterocycles. The van der Waals surface area contributed by atoms with Gasteiger partial charge in [-0.25, -0.2) is 0 Å². The number of anilines is 2. The third-order valence-corrected chi connectivity index (χ3v) is 5.94. The molecule has 1 N–H and O–H groups in total. The van der Waals surface area contributed by atoms with Crippen LogP contribution in [0, 0.1) is 18.8 Å². The van der Waals surface area contributed by atoms with Crippen molar-refractivity contribution >= 4 is 23.3 Å². The van der Waals surface area contributed by atoms with E-state index in [1.807, 2.05) is 12.2 Å². The van der Waals surface area contributed by atoms with Gasteiger partial charge in [0.15, 0.2) is 17.3 Å². The molecule has 2 fully saturated rings. The molecule has 9 nitrogen and oxygen atoms in total. The van der Waals surface area contributed by atoms with Crippen molar-refractivity contribution in [1.82, 2.24) is 5.16 Å². The van der Waals surface area contributed by atoms with Gasteiger partial charge in [0.25, 0.3) is 0 Å². The Bertz CT molecular complexity index is 1080. The molecule has 29 heavy (non-hydrogen) atoms. The fourth-order valence-corrected chi connectivity index (χ4v) is 4.67. The van der Waals surface area contributed by atoms with E-state index in [-0.39, 0.29) is 18.6 Å². The molecule has 1 aromatic heterocycles. The number of fused-ring (bicyclic) bond motifs is 2. The van der Waals surface area contributed by atoms with Gasteiger partial charge in [-0.2, -0.15) is 0 Å². The average molecular weight is 395 g/mol. The summed E-state index contributed by atoms with van der Waals surface area (Å²) in [6.07, 6.45) is 3.34. The Balaban J connectivity index is 1.28. The summed E-state index contributed by atoms with van der Waals surface area (Å²) >= 11 is 0. The topological polar surface area (TPSA) is 103 Å². The van der Waals surface area contributed by atoms with Crippen molar-refractivity contribution in [1.29, 1.82) is 0 Å². The second kappa shape index (κ2) is 5.60. The molecule has 0 saturated carbocycles. The highest BCUT2D eigenvalue weighted by Crippen LogP contribution is 2.52. The van der Waals surface area contributed by atoms with Gasteiger partial charge in [-0.15, -0.1) is 0 Å². The van der Waals surface area contributed by atoms with Gasteiger partial charge < -0.3 is 24.1 Å². The molecule has 9 heteroatoms. The summed E-state index contributed by atoms with van der Waals surface area (Å²) in [6, 6.07) is 6.90. The van der Waals surface area contributed by atoms with Crippen LogP contribution in [0.3, 0.4) is 0 Å². The second-order valence-electron chi connectivity index (χ2n) is 7.68. The summed E-state index contributed by atoms with van der Waals surface area (Å²) in [5.41, 5.74) is -0.236. The number of amides is 2. The van der Waals surface area contributed by atoms with Crippen molar-refractivity contribution in [2.75, 3.05) is 23.6 Å². The Kier molecular flexibility index (Phi) is 3.21. The minimum Gasteiger partial charge on any atom is -0.454 e. The SMILES string of the molecule is Cc1cc(N2C[C@]34C=C[C@H](O3)[C@H](C(=O)Nc3ccc5c(c3)OCO5)[C@@H]4C2=O)no1. The normalized spacial score (nSPS) is 30.9. The van der Waals surface area contributed by atoms with Crippen LogP contribution in [0.4, 0.5) is 11.5 Å². The van der Waals surface area contributed by atoms with Crippen molar-refractivity contribution in [3.05, 3.63) is 42.2 Å². The first-order chi connectivity index (χ1) is 14.0. The smallest absolute Gasteiger partial charge is 0.235 e. The first-order valence-electron chi connectivity index (χ1n) is 9.36. The summed E-state index contributed by atoms with van der Waals surface area (Å²) in [5.74, 6) is 0.574. The fourth-order valence-electron chi connectivity index (χ4n) is 4.67. The van der Waals surface area contributed by atoms with E-state index < -0.39 is 23.5 Å². The molecule has 4 aliphatic rings. The van der Waals surface area contributed by atoms with Crippen molar-refractivity contribution in [3.63, 3.8) is 0 Å². The van der Waals surface area contributed by atoms with E-state index in [4.69, 9.17) is 18.7 Å². The molecule has 2 aromatic rings. The lowest BCUT2D eigenvalue weighted by atomic mass is 9.77. The van der Waals surface area contributed by atoms with Gasteiger partial charge >= 0.3 is 0 Å². The molecule has 2 bridgehead atoms. The Morgan fingerprint density at radius 3 is 2.97 bits per heavy atom. The zero-order valence-corrected chi connectivity index (χ0v) is 15.5. The highest BCUT2D eigenvalue weighted by Gasteiger charge is 2.67. The Hall–Kier alpha value is -3.33. The van der Waals surface area contributed by atoms with Crippen LogP contribution in [0.5, 0.6) is 11.5 Å². The number of hydrogen-bond acceptors (Lipinski definition) is 7. The highest BCUT2D eigenvalue weighted by atomic mass is 16.7. The first-order valence-corrected chi connectivity index (χ1v) is 9.36. The van der Waals surface area contributed by atoms with E-state index in [0.29, 0.717) is 35.3 Å². The molecule has 0 unspecified atom stereocenters. The maximum absolute atomic E-state index is 13.2. The summed E-state index contributed by atoms with van der Waals surface area (Å²) < 4.78 is 21.9. The standard InChI is InChI=1S/C20H17N3O6/c1-10-6-15(22-29-10)23-8-20-5-4-13(28-20)16(17(20)19(23)25)18(24)21-11-2-3-12-14(7-11)27-9-26-12/h2-7,13,16-17H,8-9H2,1H3,(H,21,24)/t13-,16-,17+,20-/m0/s1. The van der Waals surface area contributed by atoms with Crippen LogP contribution in [0.25, 0.3) is 0 Å². The zero-order chi connectivity index (χ0) is 19.8. The van der Waals surface area contributed by atoms with Crippen molar-refractivity contribution in [2.24, 2.45) is 11.8 Å².